The Labute approximate surface area is 115 Å². The third-order valence-corrected chi connectivity index (χ3v) is 5.05. The molecule has 0 bridgehead atoms. The van der Waals surface area contributed by atoms with Gasteiger partial charge in [-0.3, -0.25) is 0 Å². The normalized spacial score (nSPS) is 18.9. The van der Waals surface area contributed by atoms with Crippen molar-refractivity contribution in [2.75, 3.05) is 13.1 Å². The van der Waals surface area contributed by atoms with E-state index in [4.69, 9.17) is 4.42 Å². The van der Waals surface area contributed by atoms with Gasteiger partial charge in [0.25, 0.3) is 0 Å². The molecule has 0 radical (unpaired) electrons. The number of rotatable bonds is 2. The number of benzene rings is 1. The van der Waals surface area contributed by atoms with Crippen LogP contribution in [0, 0.1) is 0 Å². The molecule has 2 heterocycles. The molecule has 1 aliphatic heterocycles. The Morgan fingerprint density at radius 3 is 2.60 bits per heavy atom. The molecular weight excluding hydrogens is 282 g/mol. The second-order valence-electron chi connectivity index (χ2n) is 5.22. The largest absolute Gasteiger partial charge is 0.423 e. The lowest BCUT2D eigenvalue weighted by atomic mass is 10.0. The van der Waals surface area contributed by atoms with Gasteiger partial charge in [0.05, 0.1) is 10.5 Å². The minimum absolute atomic E-state index is 0.0806. The molecule has 1 fully saturated rings. The van der Waals surface area contributed by atoms with Crippen LogP contribution in [0.1, 0.15) is 6.92 Å². The second-order valence-corrected chi connectivity index (χ2v) is 7.16. The van der Waals surface area contributed by atoms with Crippen molar-refractivity contribution in [3.05, 3.63) is 40.8 Å². The summed E-state index contributed by atoms with van der Waals surface area (Å²) in [5.41, 5.74) is -1.10. The summed E-state index contributed by atoms with van der Waals surface area (Å²) < 4.78 is 30.8. The van der Waals surface area contributed by atoms with Crippen molar-refractivity contribution in [3.8, 4) is 0 Å². The van der Waals surface area contributed by atoms with E-state index in [1.807, 2.05) is 0 Å². The van der Waals surface area contributed by atoms with Gasteiger partial charge in [0.15, 0.2) is 0 Å². The minimum atomic E-state index is -3.62. The number of nitrogens with zero attached hydrogens (tertiary/aromatic N) is 1. The summed E-state index contributed by atoms with van der Waals surface area (Å²) >= 11 is 0. The molecule has 6 nitrogen and oxygen atoms in total. The molecule has 0 saturated carbocycles. The molecule has 0 amide bonds. The van der Waals surface area contributed by atoms with Crippen LogP contribution in [0.25, 0.3) is 11.0 Å². The summed E-state index contributed by atoms with van der Waals surface area (Å²) in [6.07, 6.45) is 0. The fourth-order valence-corrected chi connectivity index (χ4v) is 3.95. The number of sulfonamides is 1. The van der Waals surface area contributed by atoms with Gasteiger partial charge in [-0.15, -0.1) is 0 Å². The highest BCUT2D eigenvalue weighted by Gasteiger charge is 2.43. The van der Waals surface area contributed by atoms with Crippen molar-refractivity contribution in [3.63, 3.8) is 0 Å². The lowest BCUT2D eigenvalue weighted by molar-refractivity contribution is -0.0426. The third kappa shape index (κ3) is 2.13. The molecule has 106 valence electrons. The zero-order chi connectivity index (χ0) is 14.5. The Morgan fingerprint density at radius 1 is 1.25 bits per heavy atom. The van der Waals surface area contributed by atoms with Gasteiger partial charge in [0, 0.05) is 24.5 Å². The van der Waals surface area contributed by atoms with Crippen molar-refractivity contribution < 1.29 is 17.9 Å². The molecule has 20 heavy (non-hydrogen) atoms. The maximum absolute atomic E-state index is 12.3. The molecule has 0 unspecified atom stereocenters. The zero-order valence-electron chi connectivity index (χ0n) is 10.7. The van der Waals surface area contributed by atoms with Crippen molar-refractivity contribution in [2.45, 2.75) is 17.4 Å². The molecular formula is C13H13NO5S. The maximum Gasteiger partial charge on any atom is 0.336 e. The van der Waals surface area contributed by atoms with Crippen LogP contribution in [-0.4, -0.2) is 36.5 Å². The monoisotopic (exact) mass is 295 g/mol. The lowest BCUT2D eigenvalue weighted by Crippen LogP contribution is -2.61. The van der Waals surface area contributed by atoms with Gasteiger partial charge in [0.2, 0.25) is 10.0 Å². The van der Waals surface area contributed by atoms with Crippen LogP contribution in [0.2, 0.25) is 0 Å². The minimum Gasteiger partial charge on any atom is -0.423 e. The van der Waals surface area contributed by atoms with E-state index in [1.165, 1.54) is 34.6 Å². The van der Waals surface area contributed by atoms with Gasteiger partial charge in [-0.05, 0) is 31.2 Å². The first-order chi connectivity index (χ1) is 9.28. The van der Waals surface area contributed by atoms with E-state index in [9.17, 15) is 18.3 Å². The van der Waals surface area contributed by atoms with Gasteiger partial charge >= 0.3 is 5.63 Å². The fraction of sp³-hybridized carbons (Fsp3) is 0.308. The molecule has 1 aromatic heterocycles. The summed E-state index contributed by atoms with van der Waals surface area (Å²) in [5.74, 6) is 0. The molecule has 7 heteroatoms. The summed E-state index contributed by atoms with van der Waals surface area (Å²) in [6, 6.07) is 7.08. The summed E-state index contributed by atoms with van der Waals surface area (Å²) in [7, 11) is -3.62. The molecule has 0 spiro atoms. The van der Waals surface area contributed by atoms with E-state index in [1.54, 1.807) is 6.92 Å². The van der Waals surface area contributed by atoms with Gasteiger partial charge in [-0.1, -0.05) is 0 Å². The van der Waals surface area contributed by atoms with E-state index >= 15 is 0 Å². The molecule has 0 aliphatic carbocycles. The van der Waals surface area contributed by atoms with Crippen LogP contribution in [0.15, 0.2) is 44.4 Å². The van der Waals surface area contributed by atoms with E-state index < -0.39 is 21.2 Å². The van der Waals surface area contributed by atoms with Gasteiger partial charge < -0.3 is 9.52 Å². The number of hydrogen-bond donors (Lipinski definition) is 1. The maximum atomic E-state index is 12.3. The van der Waals surface area contributed by atoms with Crippen LogP contribution in [0.3, 0.4) is 0 Å². The van der Waals surface area contributed by atoms with Crippen LogP contribution in [-0.2, 0) is 10.0 Å². The number of β-amino-alcohol motifs (C(OH)–C–C–N with tert-alkyl or cyclic N) is 1. The number of fused-ring (bicyclic) bond motifs is 1. The molecule has 0 atom stereocenters. The van der Waals surface area contributed by atoms with Crippen molar-refractivity contribution in [1.82, 2.24) is 4.31 Å². The highest BCUT2D eigenvalue weighted by Crippen LogP contribution is 2.28. The van der Waals surface area contributed by atoms with Crippen molar-refractivity contribution >= 4 is 21.0 Å². The molecule has 3 rings (SSSR count). The quantitative estimate of drug-likeness (QED) is 0.817. The predicted octanol–water partition coefficient (Wildman–Crippen LogP) is 0.548. The Balaban J connectivity index is 2.02. The molecule has 2 aromatic rings. The first-order valence-corrected chi connectivity index (χ1v) is 7.48. The Bertz CT molecular complexity index is 829. The highest BCUT2D eigenvalue weighted by atomic mass is 32.2. The fourth-order valence-electron chi connectivity index (χ4n) is 2.24. The van der Waals surface area contributed by atoms with E-state index in [0.29, 0.717) is 11.0 Å². The molecule has 1 aromatic carbocycles. The van der Waals surface area contributed by atoms with Gasteiger partial charge in [-0.2, -0.15) is 4.31 Å². The zero-order valence-corrected chi connectivity index (χ0v) is 11.6. The summed E-state index contributed by atoms with van der Waals surface area (Å²) in [5, 5.41) is 10.2. The topological polar surface area (TPSA) is 87.8 Å². The molecule has 1 aliphatic rings. The van der Waals surface area contributed by atoms with E-state index in [2.05, 4.69) is 0 Å². The standard InChI is InChI=1S/C13H13NO5S/c1-13(16)7-14(8-13)20(17,18)10-3-4-11-9(6-10)2-5-12(15)19-11/h2-6,16H,7-8H2,1H3. The Kier molecular flexibility index (Phi) is 2.75. The summed E-state index contributed by atoms with van der Waals surface area (Å²) in [4.78, 5) is 11.2. The van der Waals surface area contributed by atoms with Crippen LogP contribution < -0.4 is 5.63 Å². The van der Waals surface area contributed by atoms with Crippen LogP contribution in [0.5, 0.6) is 0 Å². The lowest BCUT2D eigenvalue weighted by Gasteiger charge is -2.42. The third-order valence-electron chi connectivity index (χ3n) is 3.26. The Hall–Kier alpha value is -1.70. The second kappa shape index (κ2) is 4.15. The van der Waals surface area contributed by atoms with E-state index in [-0.39, 0.29) is 18.0 Å². The number of aliphatic hydroxyl groups is 1. The first-order valence-electron chi connectivity index (χ1n) is 6.04. The Morgan fingerprint density at radius 2 is 1.95 bits per heavy atom. The highest BCUT2D eigenvalue weighted by molar-refractivity contribution is 7.89. The van der Waals surface area contributed by atoms with E-state index in [0.717, 1.165) is 0 Å². The van der Waals surface area contributed by atoms with Crippen molar-refractivity contribution in [1.29, 1.82) is 0 Å². The SMILES string of the molecule is CC1(O)CN(S(=O)(=O)c2ccc3oc(=O)ccc3c2)C1. The van der Waals surface area contributed by atoms with Crippen LogP contribution in [0.4, 0.5) is 0 Å². The van der Waals surface area contributed by atoms with Gasteiger partial charge in [0.1, 0.15) is 5.58 Å². The predicted molar refractivity (Wildman–Crippen MR) is 71.9 cm³/mol. The summed E-state index contributed by atoms with van der Waals surface area (Å²) in [6.45, 7) is 1.75. The van der Waals surface area contributed by atoms with Gasteiger partial charge in [-0.25, -0.2) is 13.2 Å². The molecule has 1 saturated heterocycles. The smallest absolute Gasteiger partial charge is 0.336 e. The first kappa shape index (κ1) is 13.3. The van der Waals surface area contributed by atoms with Crippen molar-refractivity contribution in [2.24, 2.45) is 0 Å². The average Bonchev–Trinajstić information content (AvgIpc) is 2.35. The molecule has 1 N–H and O–H groups in total. The average molecular weight is 295 g/mol. The number of hydrogen-bond acceptors (Lipinski definition) is 5. The van der Waals surface area contributed by atoms with Crippen LogP contribution >= 0.6 is 0 Å².